The Bertz CT molecular complexity index is 748. The van der Waals surface area contributed by atoms with Gasteiger partial charge in [-0.05, 0) is 38.2 Å². The van der Waals surface area contributed by atoms with Gasteiger partial charge in [0.1, 0.15) is 5.82 Å². The van der Waals surface area contributed by atoms with E-state index >= 15 is 0 Å². The first-order chi connectivity index (χ1) is 10.5. The fourth-order valence-corrected chi connectivity index (χ4v) is 2.49. The smallest absolute Gasteiger partial charge is 0.338 e. The number of nitrogens with one attached hydrogen (secondary N) is 3. The maximum Gasteiger partial charge on any atom is 0.338 e. The number of carbonyl (C=O) groups excluding carboxylic acids is 1. The van der Waals surface area contributed by atoms with Crippen molar-refractivity contribution < 1.29 is 9.53 Å². The van der Waals surface area contributed by atoms with E-state index in [1.165, 1.54) is 0 Å². The van der Waals surface area contributed by atoms with Crippen LogP contribution in [0.3, 0.4) is 0 Å². The number of imidazole rings is 1. The molecule has 2 aromatic rings. The molecule has 22 heavy (non-hydrogen) atoms. The summed E-state index contributed by atoms with van der Waals surface area (Å²) in [6, 6.07) is 7.69. The Labute approximate surface area is 132 Å². The van der Waals surface area contributed by atoms with Crippen LogP contribution < -0.4 is 10.6 Å². The first-order valence-corrected chi connectivity index (χ1v) is 7.35. The quantitative estimate of drug-likeness (QED) is 0.593. The Hall–Kier alpha value is -2.41. The van der Waals surface area contributed by atoms with Gasteiger partial charge >= 0.3 is 5.97 Å². The zero-order valence-electron chi connectivity index (χ0n) is 12.3. The van der Waals surface area contributed by atoms with Gasteiger partial charge in [0.15, 0.2) is 11.2 Å². The molecule has 114 valence electrons. The number of carbonyl (C=O) groups is 1. The molecule has 0 saturated carbocycles. The molecule has 2 heterocycles. The van der Waals surface area contributed by atoms with Crippen LogP contribution in [-0.4, -0.2) is 27.6 Å². The largest absolute Gasteiger partial charge is 0.451 e. The van der Waals surface area contributed by atoms with E-state index in [4.69, 9.17) is 17.0 Å². The van der Waals surface area contributed by atoms with Crippen LogP contribution in [0, 0.1) is 0 Å². The number of thiocarbonyl (C=S) groups is 1. The van der Waals surface area contributed by atoms with Crippen molar-refractivity contribution in [2.24, 2.45) is 0 Å². The summed E-state index contributed by atoms with van der Waals surface area (Å²) in [5.74, 6) is 0.244. The van der Waals surface area contributed by atoms with Crippen molar-refractivity contribution in [3.8, 4) is 0 Å². The molecule has 0 bridgehead atoms. The molecule has 1 aromatic carbocycles. The molecule has 1 aromatic heterocycles. The standard InChI is InChI=1S/C15H16N4O2S/c1-8-10(7-16-15(22)17-8)14(20)21-9(2)13-18-11-5-3-4-6-12(11)19-13/h3-6,9H,7H2,1-2H3,(H,18,19)(H2,16,17,22). The number of aromatic amines is 1. The van der Waals surface area contributed by atoms with Crippen molar-refractivity contribution >= 4 is 34.3 Å². The number of fused-ring (bicyclic) bond motifs is 1. The number of para-hydroxylation sites is 2. The van der Waals surface area contributed by atoms with Crippen molar-refractivity contribution in [1.82, 2.24) is 20.6 Å². The Morgan fingerprint density at radius 1 is 1.41 bits per heavy atom. The van der Waals surface area contributed by atoms with Gasteiger partial charge in [0.25, 0.3) is 0 Å². The van der Waals surface area contributed by atoms with Crippen LogP contribution in [0.2, 0.25) is 0 Å². The normalized spacial score (nSPS) is 16.2. The molecule has 0 fully saturated rings. The fraction of sp³-hybridized carbons (Fsp3) is 0.267. The van der Waals surface area contributed by atoms with E-state index in [0.717, 1.165) is 11.0 Å². The number of benzene rings is 1. The topological polar surface area (TPSA) is 79.0 Å². The number of rotatable bonds is 3. The van der Waals surface area contributed by atoms with Crippen LogP contribution in [0.1, 0.15) is 25.8 Å². The van der Waals surface area contributed by atoms with Crippen molar-refractivity contribution in [3.63, 3.8) is 0 Å². The first-order valence-electron chi connectivity index (χ1n) is 6.95. The molecule has 3 N–H and O–H groups in total. The molecule has 1 aliphatic rings. The Morgan fingerprint density at radius 2 is 2.18 bits per heavy atom. The second-order valence-electron chi connectivity index (χ2n) is 5.10. The Kier molecular flexibility index (Phi) is 3.81. The van der Waals surface area contributed by atoms with E-state index in [1.807, 2.05) is 24.3 Å². The van der Waals surface area contributed by atoms with E-state index in [-0.39, 0.29) is 5.97 Å². The highest BCUT2D eigenvalue weighted by Crippen LogP contribution is 2.20. The van der Waals surface area contributed by atoms with E-state index in [2.05, 4.69) is 20.6 Å². The lowest BCUT2D eigenvalue weighted by Crippen LogP contribution is -2.43. The van der Waals surface area contributed by atoms with Gasteiger partial charge in [0.05, 0.1) is 23.2 Å². The number of aromatic nitrogens is 2. The summed E-state index contributed by atoms with van der Waals surface area (Å²) in [4.78, 5) is 19.9. The number of esters is 1. The minimum absolute atomic E-state index is 0.364. The summed E-state index contributed by atoms with van der Waals surface area (Å²) < 4.78 is 5.50. The zero-order valence-corrected chi connectivity index (χ0v) is 13.1. The molecule has 0 spiro atoms. The maximum absolute atomic E-state index is 12.3. The molecule has 0 aliphatic carbocycles. The van der Waals surface area contributed by atoms with Crippen LogP contribution >= 0.6 is 12.2 Å². The molecule has 6 nitrogen and oxygen atoms in total. The molecule has 0 saturated heterocycles. The molecule has 1 unspecified atom stereocenters. The summed E-state index contributed by atoms with van der Waals surface area (Å²) >= 11 is 5.00. The van der Waals surface area contributed by atoms with Gasteiger partial charge < -0.3 is 20.4 Å². The first kappa shape index (κ1) is 14.5. The van der Waals surface area contributed by atoms with Gasteiger partial charge in [-0.25, -0.2) is 9.78 Å². The van der Waals surface area contributed by atoms with Crippen LogP contribution in [0.25, 0.3) is 11.0 Å². The van der Waals surface area contributed by atoms with E-state index < -0.39 is 6.10 Å². The van der Waals surface area contributed by atoms with Crippen molar-refractivity contribution in [2.45, 2.75) is 20.0 Å². The van der Waals surface area contributed by atoms with Crippen molar-refractivity contribution in [1.29, 1.82) is 0 Å². The summed E-state index contributed by atoms with van der Waals surface area (Å²) in [5, 5.41) is 6.35. The molecule has 0 radical (unpaired) electrons. The molecule has 0 amide bonds. The molecule has 3 rings (SSSR count). The Balaban J connectivity index is 1.76. The summed E-state index contributed by atoms with van der Waals surface area (Å²) in [5.41, 5.74) is 3.02. The van der Waals surface area contributed by atoms with Gasteiger partial charge in [-0.15, -0.1) is 0 Å². The van der Waals surface area contributed by atoms with Gasteiger partial charge in [0.2, 0.25) is 0 Å². The SMILES string of the molecule is CC1=C(C(=O)OC(C)c2nc3ccccc3[nH]2)CNC(=S)N1. The van der Waals surface area contributed by atoms with E-state index in [0.29, 0.717) is 28.8 Å². The Morgan fingerprint density at radius 3 is 2.91 bits per heavy atom. The average molecular weight is 316 g/mol. The van der Waals surface area contributed by atoms with Crippen molar-refractivity contribution in [3.05, 3.63) is 41.4 Å². The molecular formula is C15H16N4O2S. The lowest BCUT2D eigenvalue weighted by atomic mass is 10.2. The minimum Gasteiger partial charge on any atom is -0.451 e. The van der Waals surface area contributed by atoms with Gasteiger partial charge in [0, 0.05) is 5.70 Å². The van der Waals surface area contributed by atoms with Crippen LogP contribution in [0.15, 0.2) is 35.5 Å². The lowest BCUT2D eigenvalue weighted by molar-refractivity contribution is -0.144. The number of hydrogen-bond acceptors (Lipinski definition) is 4. The second-order valence-corrected chi connectivity index (χ2v) is 5.51. The average Bonchev–Trinajstić information content (AvgIpc) is 2.91. The highest BCUT2D eigenvalue weighted by atomic mass is 32.1. The molecule has 1 aliphatic heterocycles. The number of H-pyrrole nitrogens is 1. The number of nitrogens with zero attached hydrogens (tertiary/aromatic N) is 1. The minimum atomic E-state index is -0.464. The van der Waals surface area contributed by atoms with Gasteiger partial charge in [-0.2, -0.15) is 0 Å². The third-order valence-corrected chi connectivity index (χ3v) is 3.75. The predicted octanol–water partition coefficient (Wildman–Crippen LogP) is 1.92. The van der Waals surface area contributed by atoms with Crippen LogP contribution in [0.5, 0.6) is 0 Å². The summed E-state index contributed by atoms with van der Waals surface area (Å²) in [7, 11) is 0. The van der Waals surface area contributed by atoms with Gasteiger partial charge in [-0.3, -0.25) is 0 Å². The number of hydrogen-bond donors (Lipinski definition) is 3. The van der Waals surface area contributed by atoms with E-state index in [9.17, 15) is 4.79 Å². The zero-order chi connectivity index (χ0) is 15.7. The lowest BCUT2D eigenvalue weighted by Gasteiger charge is -2.22. The monoisotopic (exact) mass is 316 g/mol. The third kappa shape index (κ3) is 2.80. The molecular weight excluding hydrogens is 300 g/mol. The maximum atomic E-state index is 12.3. The van der Waals surface area contributed by atoms with Crippen LogP contribution in [-0.2, 0) is 9.53 Å². The highest BCUT2D eigenvalue weighted by molar-refractivity contribution is 7.80. The third-order valence-electron chi connectivity index (χ3n) is 3.50. The predicted molar refractivity (Wildman–Crippen MR) is 87.0 cm³/mol. The fourth-order valence-electron chi connectivity index (χ4n) is 2.27. The van der Waals surface area contributed by atoms with E-state index in [1.54, 1.807) is 13.8 Å². The summed E-state index contributed by atoms with van der Waals surface area (Å²) in [6.07, 6.45) is -0.464. The van der Waals surface area contributed by atoms with Gasteiger partial charge in [-0.1, -0.05) is 12.1 Å². The highest BCUT2D eigenvalue weighted by Gasteiger charge is 2.23. The number of ether oxygens (including phenoxy) is 1. The molecule has 1 atom stereocenters. The summed E-state index contributed by atoms with van der Waals surface area (Å²) in [6.45, 7) is 3.96. The second kappa shape index (κ2) is 5.76. The number of allylic oxidation sites excluding steroid dienone is 1. The molecule has 7 heteroatoms. The van der Waals surface area contributed by atoms with Crippen LogP contribution in [0.4, 0.5) is 0 Å². The van der Waals surface area contributed by atoms with Crippen molar-refractivity contribution in [2.75, 3.05) is 6.54 Å².